The van der Waals surface area contributed by atoms with E-state index in [2.05, 4.69) is 52.1 Å². The van der Waals surface area contributed by atoms with Crippen molar-refractivity contribution in [3.63, 3.8) is 0 Å². The van der Waals surface area contributed by atoms with Gasteiger partial charge in [0.25, 0.3) is 0 Å². The third-order valence-electron chi connectivity index (χ3n) is 4.11. The Morgan fingerprint density at radius 3 is 2.33 bits per heavy atom. The smallest absolute Gasteiger partial charge is 0.0813 e. The molecule has 2 unspecified atom stereocenters. The molecule has 2 rings (SSSR count). The molecule has 1 N–H and O–H groups in total. The van der Waals surface area contributed by atoms with Crippen LogP contribution in [0.2, 0.25) is 0 Å². The van der Waals surface area contributed by atoms with Crippen LogP contribution in [0.25, 0.3) is 0 Å². The van der Waals surface area contributed by atoms with Crippen molar-refractivity contribution >= 4 is 11.3 Å². The minimum absolute atomic E-state index is 0.176. The van der Waals surface area contributed by atoms with Crippen LogP contribution < -0.4 is 5.32 Å². The lowest BCUT2D eigenvalue weighted by Gasteiger charge is -2.31. The Morgan fingerprint density at radius 2 is 1.71 bits per heavy atom. The molecule has 1 aliphatic carbocycles. The van der Waals surface area contributed by atoms with Gasteiger partial charge in [-0.3, -0.25) is 0 Å². The summed E-state index contributed by atoms with van der Waals surface area (Å²) in [6.45, 7) is 13.1. The molecule has 1 aromatic heterocycles. The second kappa shape index (κ2) is 7.26. The Balaban J connectivity index is 1.77. The van der Waals surface area contributed by atoms with E-state index in [0.29, 0.717) is 6.10 Å². The zero-order valence-electron chi connectivity index (χ0n) is 14.2. The van der Waals surface area contributed by atoms with Crippen molar-refractivity contribution in [1.82, 2.24) is 5.32 Å². The van der Waals surface area contributed by atoms with E-state index in [-0.39, 0.29) is 5.54 Å². The third-order valence-corrected chi connectivity index (χ3v) is 5.17. The molecule has 0 spiro atoms. The summed E-state index contributed by atoms with van der Waals surface area (Å²) in [5, 5.41) is 3.54. The van der Waals surface area contributed by atoms with Gasteiger partial charge in [0.05, 0.1) is 12.7 Å². The van der Waals surface area contributed by atoms with Crippen molar-refractivity contribution < 1.29 is 4.74 Å². The highest BCUT2D eigenvalue weighted by atomic mass is 32.1. The summed E-state index contributed by atoms with van der Waals surface area (Å²) < 4.78 is 6.16. The molecule has 0 bridgehead atoms. The first kappa shape index (κ1) is 17.0. The standard InChI is InChI=1S/C18H31NOS/c1-13-8-14(2)10-15(9-13)20-12-17-7-6-16(21-17)11-19-18(3,4)5/h6-7,13-15,19H,8-12H2,1-5H3. The van der Waals surface area contributed by atoms with Gasteiger partial charge >= 0.3 is 0 Å². The van der Waals surface area contributed by atoms with Crippen LogP contribution in [0, 0.1) is 11.8 Å². The van der Waals surface area contributed by atoms with Crippen LogP contribution in [0.5, 0.6) is 0 Å². The first-order chi connectivity index (χ1) is 9.82. The van der Waals surface area contributed by atoms with Crippen molar-refractivity contribution in [2.24, 2.45) is 11.8 Å². The molecule has 0 aromatic carbocycles. The molecule has 1 fully saturated rings. The van der Waals surface area contributed by atoms with Crippen LogP contribution in [0.4, 0.5) is 0 Å². The highest BCUT2D eigenvalue weighted by Gasteiger charge is 2.24. The first-order valence-corrected chi connectivity index (χ1v) is 9.07. The van der Waals surface area contributed by atoms with Gasteiger partial charge in [-0.15, -0.1) is 11.3 Å². The summed E-state index contributed by atoms with van der Waals surface area (Å²) in [5.74, 6) is 1.63. The number of ether oxygens (including phenoxy) is 1. The minimum Gasteiger partial charge on any atom is -0.373 e. The summed E-state index contributed by atoms with van der Waals surface area (Å²) in [7, 11) is 0. The van der Waals surface area contributed by atoms with E-state index in [9.17, 15) is 0 Å². The van der Waals surface area contributed by atoms with E-state index in [1.54, 1.807) is 0 Å². The van der Waals surface area contributed by atoms with Gasteiger partial charge in [-0.2, -0.15) is 0 Å². The molecule has 1 heterocycles. The van der Waals surface area contributed by atoms with Crippen molar-refractivity contribution in [3.05, 3.63) is 21.9 Å². The summed E-state index contributed by atoms with van der Waals surface area (Å²) in [6, 6.07) is 4.45. The predicted octanol–water partition coefficient (Wildman–Crippen LogP) is 4.98. The fourth-order valence-electron chi connectivity index (χ4n) is 3.16. The SMILES string of the molecule is CC1CC(C)CC(OCc2ccc(CNC(C)(C)C)s2)C1. The molecule has 2 nitrogen and oxygen atoms in total. The first-order valence-electron chi connectivity index (χ1n) is 8.26. The Morgan fingerprint density at radius 1 is 1.10 bits per heavy atom. The summed E-state index contributed by atoms with van der Waals surface area (Å²) >= 11 is 1.88. The zero-order chi connectivity index (χ0) is 15.5. The zero-order valence-corrected chi connectivity index (χ0v) is 15.1. The Bertz CT molecular complexity index is 425. The van der Waals surface area contributed by atoms with E-state index < -0.39 is 0 Å². The lowest BCUT2D eigenvalue weighted by atomic mass is 9.82. The van der Waals surface area contributed by atoms with Gasteiger partial charge in [0.1, 0.15) is 0 Å². The quantitative estimate of drug-likeness (QED) is 0.828. The Kier molecular flexibility index (Phi) is 5.87. The van der Waals surface area contributed by atoms with E-state index >= 15 is 0 Å². The summed E-state index contributed by atoms with van der Waals surface area (Å²) in [5.41, 5.74) is 0.176. The van der Waals surface area contributed by atoms with Gasteiger partial charge in [-0.1, -0.05) is 13.8 Å². The van der Waals surface area contributed by atoms with Gasteiger partial charge in [0.15, 0.2) is 0 Å². The largest absolute Gasteiger partial charge is 0.373 e. The second-order valence-corrected chi connectivity index (χ2v) is 9.07. The second-order valence-electron chi connectivity index (χ2n) is 7.82. The fraction of sp³-hybridized carbons (Fsp3) is 0.778. The summed E-state index contributed by atoms with van der Waals surface area (Å²) in [6.07, 6.45) is 4.28. The van der Waals surface area contributed by atoms with Crippen LogP contribution in [-0.2, 0) is 17.9 Å². The van der Waals surface area contributed by atoms with Gasteiger partial charge in [-0.05, 0) is 64.0 Å². The third kappa shape index (κ3) is 6.09. The number of thiophene rings is 1. The maximum Gasteiger partial charge on any atom is 0.0813 e. The highest BCUT2D eigenvalue weighted by Crippen LogP contribution is 2.31. The topological polar surface area (TPSA) is 21.3 Å². The molecular weight excluding hydrogens is 278 g/mol. The predicted molar refractivity (Wildman–Crippen MR) is 91.7 cm³/mol. The van der Waals surface area contributed by atoms with Crippen LogP contribution in [0.3, 0.4) is 0 Å². The van der Waals surface area contributed by atoms with Gasteiger partial charge in [0.2, 0.25) is 0 Å². The molecule has 1 aromatic rings. The molecular formula is C18H31NOS. The fourth-order valence-corrected chi connectivity index (χ4v) is 4.04. The van der Waals surface area contributed by atoms with Gasteiger partial charge in [0, 0.05) is 21.8 Å². The molecule has 120 valence electrons. The van der Waals surface area contributed by atoms with Crippen molar-refractivity contribution in [1.29, 1.82) is 0 Å². The lowest BCUT2D eigenvalue weighted by molar-refractivity contribution is -0.00803. The molecule has 3 heteroatoms. The van der Waals surface area contributed by atoms with Crippen LogP contribution in [0.1, 0.15) is 63.6 Å². The van der Waals surface area contributed by atoms with Crippen LogP contribution in [0.15, 0.2) is 12.1 Å². The van der Waals surface area contributed by atoms with Crippen molar-refractivity contribution in [2.75, 3.05) is 0 Å². The minimum atomic E-state index is 0.176. The van der Waals surface area contributed by atoms with Crippen molar-refractivity contribution in [2.45, 2.75) is 78.7 Å². The van der Waals surface area contributed by atoms with Crippen molar-refractivity contribution in [3.8, 4) is 0 Å². The van der Waals surface area contributed by atoms with Crippen LogP contribution >= 0.6 is 11.3 Å². The number of rotatable bonds is 5. The van der Waals surface area contributed by atoms with Crippen LogP contribution in [-0.4, -0.2) is 11.6 Å². The number of nitrogens with one attached hydrogen (secondary N) is 1. The maximum atomic E-state index is 6.16. The molecule has 0 aliphatic heterocycles. The molecule has 1 saturated carbocycles. The van der Waals surface area contributed by atoms with E-state index in [1.165, 1.54) is 29.0 Å². The molecule has 2 atom stereocenters. The van der Waals surface area contributed by atoms with E-state index in [4.69, 9.17) is 4.74 Å². The van der Waals surface area contributed by atoms with Gasteiger partial charge in [-0.25, -0.2) is 0 Å². The number of hydrogen-bond acceptors (Lipinski definition) is 3. The highest BCUT2D eigenvalue weighted by molar-refractivity contribution is 7.11. The Labute approximate surface area is 134 Å². The molecule has 1 aliphatic rings. The molecule has 0 radical (unpaired) electrons. The summed E-state index contributed by atoms with van der Waals surface area (Å²) in [4.78, 5) is 2.75. The normalized spacial score (nSPS) is 27.0. The maximum absolute atomic E-state index is 6.16. The average molecular weight is 310 g/mol. The Hall–Kier alpha value is -0.380. The monoisotopic (exact) mass is 309 g/mol. The number of hydrogen-bond donors (Lipinski definition) is 1. The van der Waals surface area contributed by atoms with E-state index in [0.717, 1.165) is 25.0 Å². The molecule has 21 heavy (non-hydrogen) atoms. The lowest BCUT2D eigenvalue weighted by Crippen LogP contribution is -2.34. The molecule has 0 saturated heterocycles. The average Bonchev–Trinajstić information content (AvgIpc) is 2.80. The van der Waals surface area contributed by atoms with Gasteiger partial charge < -0.3 is 10.1 Å². The molecule has 0 amide bonds. The van der Waals surface area contributed by atoms with E-state index in [1.807, 2.05) is 11.3 Å².